The molecule has 0 unspecified atom stereocenters. The maximum atomic E-state index is 2.82. The van der Waals surface area contributed by atoms with Crippen LogP contribution < -0.4 is 0 Å². The molecule has 0 spiro atoms. The van der Waals surface area contributed by atoms with Gasteiger partial charge in [0, 0.05) is 54.7 Å². The smallest absolute Gasteiger partial charge is 0.0496 e. The van der Waals surface area contributed by atoms with Gasteiger partial charge in [-0.3, -0.25) is 0 Å². The molecule has 2 heteroatoms. The van der Waals surface area contributed by atoms with E-state index in [1.807, 2.05) is 0 Å². The molecule has 36 heavy (non-hydrogen) atoms. The number of benzene rings is 4. The van der Waals surface area contributed by atoms with Crippen LogP contribution in [-0.4, -0.2) is 9.13 Å². The highest BCUT2D eigenvalue weighted by Gasteiger charge is 2.60. The van der Waals surface area contributed by atoms with Crippen molar-refractivity contribution in [2.24, 2.45) is 11.8 Å². The predicted octanol–water partition coefficient (Wildman–Crippen LogP) is 8.61. The van der Waals surface area contributed by atoms with Crippen LogP contribution in [0.15, 0.2) is 97.1 Å². The average molecular weight is 467 g/mol. The van der Waals surface area contributed by atoms with Gasteiger partial charge in [-0.15, -0.1) is 0 Å². The Bertz CT molecular complexity index is 1580. The molecule has 0 aliphatic heterocycles. The average Bonchev–Trinajstić information content (AvgIpc) is 3.42. The summed E-state index contributed by atoms with van der Waals surface area (Å²) in [5, 5.41) is 5.65. The summed E-state index contributed by atoms with van der Waals surface area (Å²) in [4.78, 5) is 0. The van der Waals surface area contributed by atoms with Gasteiger partial charge in [-0.1, -0.05) is 72.8 Å². The zero-order valence-corrected chi connectivity index (χ0v) is 20.5. The van der Waals surface area contributed by atoms with Crippen LogP contribution in [0.5, 0.6) is 0 Å². The normalized spacial score (nSPS) is 29.2. The summed E-state index contributed by atoms with van der Waals surface area (Å²) in [6.07, 6.45) is 7.95. The summed E-state index contributed by atoms with van der Waals surface area (Å²) in [6, 6.07) is 36.6. The predicted molar refractivity (Wildman–Crippen MR) is 150 cm³/mol. The van der Waals surface area contributed by atoms with Crippen molar-refractivity contribution in [1.82, 2.24) is 9.13 Å². The summed E-state index contributed by atoms with van der Waals surface area (Å²) >= 11 is 0. The van der Waals surface area contributed by atoms with Crippen LogP contribution in [-0.2, 0) is 11.1 Å². The van der Waals surface area contributed by atoms with E-state index in [9.17, 15) is 0 Å². The second kappa shape index (κ2) is 6.62. The second-order valence-corrected chi connectivity index (χ2v) is 12.1. The first-order valence-electron chi connectivity index (χ1n) is 13.7. The van der Waals surface area contributed by atoms with Crippen LogP contribution in [0, 0.1) is 11.8 Å². The number of hydrogen-bond acceptors (Lipinski definition) is 0. The van der Waals surface area contributed by atoms with Crippen molar-refractivity contribution in [2.45, 2.75) is 49.6 Å². The summed E-state index contributed by atoms with van der Waals surface area (Å²) < 4.78 is 5.63. The van der Waals surface area contributed by atoms with E-state index < -0.39 is 0 Å². The minimum Gasteiger partial charge on any atom is -0.334 e. The fraction of sp³-hybridized carbons (Fsp3) is 0.294. The molecular formula is C34H30N2. The molecule has 0 saturated heterocycles. The quantitative estimate of drug-likeness (QED) is 0.242. The number of para-hydroxylation sites is 4. The highest BCUT2D eigenvalue weighted by atomic mass is 15.2. The summed E-state index contributed by atoms with van der Waals surface area (Å²) in [6.45, 7) is 0. The third-order valence-corrected chi connectivity index (χ3v) is 10.1. The molecule has 0 N–H and O–H groups in total. The molecule has 4 saturated carbocycles. The maximum Gasteiger partial charge on any atom is 0.0496 e. The van der Waals surface area contributed by atoms with Crippen LogP contribution >= 0.6 is 0 Å². The Kier molecular flexibility index (Phi) is 3.61. The van der Waals surface area contributed by atoms with Crippen LogP contribution in [0.3, 0.4) is 0 Å². The molecule has 4 aliphatic rings. The van der Waals surface area contributed by atoms with Gasteiger partial charge in [0.1, 0.15) is 0 Å². The lowest BCUT2D eigenvalue weighted by Gasteiger charge is -2.63. The Hall–Kier alpha value is -3.52. The summed E-state index contributed by atoms with van der Waals surface area (Å²) in [5.41, 5.74) is 6.07. The van der Waals surface area contributed by atoms with Crippen LogP contribution in [0.4, 0.5) is 0 Å². The molecule has 4 bridgehead atoms. The lowest BCUT2D eigenvalue weighted by atomic mass is 9.49. The molecule has 176 valence electrons. The number of fused-ring (bicyclic) bond motifs is 6. The maximum absolute atomic E-state index is 2.82. The van der Waals surface area contributed by atoms with E-state index in [0.717, 1.165) is 11.8 Å². The van der Waals surface area contributed by atoms with Gasteiger partial charge in [0.2, 0.25) is 0 Å². The zero-order valence-electron chi connectivity index (χ0n) is 20.5. The molecule has 4 aliphatic carbocycles. The van der Waals surface area contributed by atoms with Crippen molar-refractivity contribution in [3.05, 3.63) is 97.1 Å². The third kappa shape index (κ3) is 2.34. The molecule has 2 heterocycles. The first-order valence-corrected chi connectivity index (χ1v) is 13.7. The van der Waals surface area contributed by atoms with Crippen molar-refractivity contribution in [3.63, 3.8) is 0 Å². The minimum absolute atomic E-state index is 0.180. The monoisotopic (exact) mass is 466 g/mol. The highest BCUT2D eigenvalue weighted by molar-refractivity contribution is 6.09. The van der Waals surface area contributed by atoms with Crippen molar-refractivity contribution < 1.29 is 0 Å². The topological polar surface area (TPSA) is 9.86 Å². The van der Waals surface area contributed by atoms with E-state index in [4.69, 9.17) is 0 Å². The number of hydrogen-bond donors (Lipinski definition) is 0. The molecule has 4 aromatic carbocycles. The number of aromatic nitrogens is 2. The van der Waals surface area contributed by atoms with Crippen molar-refractivity contribution >= 4 is 43.6 Å². The first kappa shape index (κ1) is 19.6. The fourth-order valence-corrected chi connectivity index (χ4v) is 9.56. The highest BCUT2D eigenvalue weighted by Crippen LogP contribution is 2.65. The minimum atomic E-state index is 0.180. The van der Waals surface area contributed by atoms with Gasteiger partial charge < -0.3 is 9.13 Å². The Morgan fingerprint density at radius 1 is 0.444 bits per heavy atom. The molecule has 0 amide bonds. The lowest BCUT2D eigenvalue weighted by Crippen LogP contribution is -2.60. The molecular weight excluding hydrogens is 436 g/mol. The van der Waals surface area contributed by atoms with Gasteiger partial charge >= 0.3 is 0 Å². The molecule has 0 radical (unpaired) electrons. The Balaban J connectivity index is 1.35. The van der Waals surface area contributed by atoms with Crippen molar-refractivity contribution in [3.8, 4) is 0 Å². The molecule has 10 rings (SSSR count). The van der Waals surface area contributed by atoms with Gasteiger partial charge in [-0.2, -0.15) is 0 Å². The Morgan fingerprint density at radius 2 is 0.750 bits per heavy atom. The third-order valence-electron chi connectivity index (χ3n) is 10.1. The van der Waals surface area contributed by atoms with Crippen LogP contribution in [0.25, 0.3) is 43.6 Å². The van der Waals surface area contributed by atoms with E-state index in [1.165, 1.54) is 82.1 Å². The zero-order chi connectivity index (χ0) is 23.5. The SMILES string of the molecule is c1ccc2c(c1)c1ccccc1n2C12CC3CC(C1)CC(n1c4ccccc4c4ccccc41)(C3)C2. The Labute approximate surface area is 211 Å². The molecule has 4 fully saturated rings. The largest absolute Gasteiger partial charge is 0.334 e. The molecule has 2 aromatic heterocycles. The van der Waals surface area contributed by atoms with E-state index in [0.29, 0.717) is 0 Å². The van der Waals surface area contributed by atoms with Gasteiger partial charge in [0.05, 0.1) is 0 Å². The standard InChI is InChI=1S/C34H30N2/c1-5-13-29-25(9-1)26-10-2-6-14-30(26)35(29)33-18-23-17-24(19-33)21-34(20-23,22-33)36-31-15-7-3-11-27(31)28-12-4-8-16-32(28)36/h1-16,23-24H,17-22H2. The summed E-state index contributed by atoms with van der Waals surface area (Å²) in [7, 11) is 0. The van der Waals surface area contributed by atoms with E-state index in [-0.39, 0.29) is 11.1 Å². The Morgan fingerprint density at radius 3 is 1.08 bits per heavy atom. The second-order valence-electron chi connectivity index (χ2n) is 12.1. The molecule has 0 atom stereocenters. The van der Waals surface area contributed by atoms with Gasteiger partial charge in [-0.25, -0.2) is 0 Å². The molecule has 2 nitrogen and oxygen atoms in total. The van der Waals surface area contributed by atoms with Gasteiger partial charge in [0.25, 0.3) is 0 Å². The lowest BCUT2D eigenvalue weighted by molar-refractivity contribution is -0.0857. The van der Waals surface area contributed by atoms with Crippen molar-refractivity contribution in [2.75, 3.05) is 0 Å². The van der Waals surface area contributed by atoms with Gasteiger partial charge in [-0.05, 0) is 74.6 Å². The van der Waals surface area contributed by atoms with Crippen molar-refractivity contribution in [1.29, 1.82) is 0 Å². The number of rotatable bonds is 2. The van der Waals surface area contributed by atoms with E-state index >= 15 is 0 Å². The first-order chi connectivity index (χ1) is 17.7. The summed E-state index contributed by atoms with van der Waals surface area (Å²) in [5.74, 6) is 1.59. The molecule has 6 aromatic rings. The van der Waals surface area contributed by atoms with Crippen LogP contribution in [0.1, 0.15) is 38.5 Å². The van der Waals surface area contributed by atoms with Crippen LogP contribution in [0.2, 0.25) is 0 Å². The number of nitrogens with zero attached hydrogens (tertiary/aromatic N) is 2. The van der Waals surface area contributed by atoms with E-state index in [1.54, 1.807) is 0 Å². The van der Waals surface area contributed by atoms with Gasteiger partial charge in [0.15, 0.2) is 0 Å². The fourth-order valence-electron chi connectivity index (χ4n) is 9.56. The van der Waals surface area contributed by atoms with E-state index in [2.05, 4.69) is 106 Å².